The summed E-state index contributed by atoms with van der Waals surface area (Å²) < 4.78 is 0.765. The highest BCUT2D eigenvalue weighted by Crippen LogP contribution is 2.20. The molecule has 8 heteroatoms. The Morgan fingerprint density at radius 2 is 2.11 bits per heavy atom. The number of carbonyl (C=O) groups is 1. The van der Waals surface area contributed by atoms with Crippen molar-refractivity contribution in [2.45, 2.75) is 0 Å². The number of nitrogens with zero attached hydrogens (tertiary/aromatic N) is 2. The van der Waals surface area contributed by atoms with Crippen LogP contribution in [0.15, 0.2) is 29.1 Å². The van der Waals surface area contributed by atoms with Crippen LogP contribution in [0.3, 0.4) is 0 Å². The summed E-state index contributed by atoms with van der Waals surface area (Å²) in [5.74, 6) is -2.07. The third-order valence-electron chi connectivity index (χ3n) is 2.27. The minimum Gasteiger partial charge on any atom is -0.504 e. The number of carboxylic acids is 1. The summed E-state index contributed by atoms with van der Waals surface area (Å²) in [5, 5.41) is 22.5. The largest absolute Gasteiger partial charge is 0.504 e. The summed E-state index contributed by atoms with van der Waals surface area (Å²) in [6.07, 6.45) is 0. The van der Waals surface area contributed by atoms with E-state index in [1.807, 2.05) is 0 Å². The molecule has 1 aromatic carbocycles. The summed E-state index contributed by atoms with van der Waals surface area (Å²) in [7, 11) is 0. The van der Waals surface area contributed by atoms with E-state index in [1.54, 1.807) is 40.8 Å². The molecule has 6 nitrogen and oxygen atoms in total. The number of rotatable bonds is 2. The molecule has 0 unspecified atom stereocenters. The molecule has 2 aromatic rings. The second-order valence-corrected chi connectivity index (χ2v) is 5.03. The van der Waals surface area contributed by atoms with Crippen molar-refractivity contribution in [3.8, 4) is 11.4 Å². The molecule has 98 valence electrons. The van der Waals surface area contributed by atoms with Crippen LogP contribution in [0.5, 0.6) is 5.75 Å². The van der Waals surface area contributed by atoms with Crippen LogP contribution in [0.25, 0.3) is 5.69 Å². The van der Waals surface area contributed by atoms with Crippen LogP contribution in [-0.2, 0) is 0 Å². The van der Waals surface area contributed by atoms with E-state index in [1.165, 1.54) is 6.07 Å². The van der Waals surface area contributed by atoms with Crippen molar-refractivity contribution >= 4 is 40.2 Å². The number of benzene rings is 1. The van der Waals surface area contributed by atoms with Gasteiger partial charge in [0.15, 0.2) is 5.75 Å². The Kier molecular flexibility index (Phi) is 3.76. The van der Waals surface area contributed by atoms with Gasteiger partial charge in [0.25, 0.3) is 5.56 Å². The van der Waals surface area contributed by atoms with Gasteiger partial charge in [0, 0.05) is 5.02 Å². The van der Waals surface area contributed by atoms with Gasteiger partial charge >= 0.3 is 5.97 Å². The number of aromatic carboxylic acids is 1. The van der Waals surface area contributed by atoms with Crippen molar-refractivity contribution in [3.63, 3.8) is 0 Å². The maximum Gasteiger partial charge on any atom is 0.360 e. The smallest absolute Gasteiger partial charge is 0.360 e. The van der Waals surface area contributed by atoms with Gasteiger partial charge in [0.1, 0.15) is 3.57 Å². The topological polar surface area (TPSA) is 92.4 Å². The van der Waals surface area contributed by atoms with E-state index >= 15 is 0 Å². The molecule has 2 rings (SSSR count). The minimum absolute atomic E-state index is 0.120. The second-order valence-electron chi connectivity index (χ2n) is 3.51. The SMILES string of the molecule is O=C(O)c1nn(-c2cccc(Cl)c2)c(=O)c(I)c1O. The number of halogens is 2. The monoisotopic (exact) mass is 392 g/mol. The maximum absolute atomic E-state index is 12.0. The van der Waals surface area contributed by atoms with Crippen LogP contribution in [0.1, 0.15) is 10.5 Å². The second kappa shape index (κ2) is 5.17. The summed E-state index contributed by atoms with van der Waals surface area (Å²) >= 11 is 7.38. The standard InChI is InChI=1S/C11H6ClIN2O4/c12-5-2-1-3-6(4-5)15-10(17)7(13)9(16)8(14-15)11(18)19/h1-4,16H,(H,18,19). The van der Waals surface area contributed by atoms with Crippen LogP contribution in [0.2, 0.25) is 5.02 Å². The molecule has 0 aliphatic rings. The Bertz CT molecular complexity index is 729. The van der Waals surface area contributed by atoms with Gasteiger partial charge in [-0.15, -0.1) is 0 Å². The zero-order chi connectivity index (χ0) is 14.2. The van der Waals surface area contributed by atoms with E-state index in [4.69, 9.17) is 16.7 Å². The predicted octanol–water partition coefficient (Wildman–Crippen LogP) is 1.89. The number of aromatic hydroxyl groups is 1. The highest BCUT2D eigenvalue weighted by atomic mass is 127. The van der Waals surface area contributed by atoms with Crippen molar-refractivity contribution in [1.82, 2.24) is 9.78 Å². The van der Waals surface area contributed by atoms with Crippen molar-refractivity contribution in [1.29, 1.82) is 0 Å². The lowest BCUT2D eigenvalue weighted by Crippen LogP contribution is -2.26. The molecular formula is C11H6ClIN2O4. The molecular weight excluding hydrogens is 386 g/mol. The van der Waals surface area contributed by atoms with E-state index in [-0.39, 0.29) is 3.57 Å². The lowest BCUT2D eigenvalue weighted by Gasteiger charge is -2.08. The van der Waals surface area contributed by atoms with E-state index in [0.717, 1.165) is 4.68 Å². The summed E-state index contributed by atoms with van der Waals surface area (Å²) in [4.78, 5) is 22.9. The first-order valence-electron chi connectivity index (χ1n) is 4.93. The fourth-order valence-electron chi connectivity index (χ4n) is 1.42. The molecule has 1 heterocycles. The third-order valence-corrected chi connectivity index (χ3v) is 3.48. The van der Waals surface area contributed by atoms with Crippen molar-refractivity contribution in [3.05, 3.63) is 48.9 Å². The Labute approximate surface area is 125 Å². The van der Waals surface area contributed by atoms with E-state index in [0.29, 0.717) is 10.7 Å². The van der Waals surface area contributed by atoms with Crippen molar-refractivity contribution < 1.29 is 15.0 Å². The quantitative estimate of drug-likeness (QED) is 0.762. The number of hydrogen-bond donors (Lipinski definition) is 2. The molecule has 2 N–H and O–H groups in total. The fourth-order valence-corrected chi connectivity index (χ4v) is 2.09. The van der Waals surface area contributed by atoms with Crippen LogP contribution >= 0.6 is 34.2 Å². The van der Waals surface area contributed by atoms with Gasteiger partial charge in [0.2, 0.25) is 5.69 Å². The number of hydrogen-bond acceptors (Lipinski definition) is 4. The van der Waals surface area contributed by atoms with Crippen molar-refractivity contribution in [2.24, 2.45) is 0 Å². The number of aromatic nitrogens is 2. The van der Waals surface area contributed by atoms with Gasteiger partial charge in [-0.1, -0.05) is 17.7 Å². The first-order valence-corrected chi connectivity index (χ1v) is 6.38. The normalized spacial score (nSPS) is 10.4. The van der Waals surface area contributed by atoms with E-state index < -0.39 is 23.0 Å². The number of carboxylic acid groups (broad SMARTS) is 1. The van der Waals surface area contributed by atoms with Crippen LogP contribution < -0.4 is 5.56 Å². The molecule has 0 radical (unpaired) electrons. The van der Waals surface area contributed by atoms with Crippen LogP contribution in [-0.4, -0.2) is 26.0 Å². The van der Waals surface area contributed by atoms with Crippen LogP contribution in [0, 0.1) is 3.57 Å². The molecule has 0 fully saturated rings. The van der Waals surface area contributed by atoms with Crippen molar-refractivity contribution in [2.75, 3.05) is 0 Å². The molecule has 19 heavy (non-hydrogen) atoms. The summed E-state index contributed by atoms with van der Waals surface area (Å²) in [6.45, 7) is 0. The van der Waals surface area contributed by atoms with Gasteiger partial charge < -0.3 is 10.2 Å². The minimum atomic E-state index is -1.42. The predicted molar refractivity (Wildman–Crippen MR) is 76.2 cm³/mol. The molecule has 0 saturated heterocycles. The van der Waals surface area contributed by atoms with E-state index in [9.17, 15) is 14.7 Å². The molecule has 0 aliphatic carbocycles. The fraction of sp³-hybridized carbons (Fsp3) is 0. The average Bonchev–Trinajstić information content (AvgIpc) is 2.36. The Balaban J connectivity index is 2.78. The summed E-state index contributed by atoms with van der Waals surface area (Å²) in [5.41, 5.74) is -0.896. The molecule has 0 spiro atoms. The summed E-state index contributed by atoms with van der Waals surface area (Å²) in [6, 6.07) is 6.24. The van der Waals surface area contributed by atoms with Gasteiger partial charge in [-0.2, -0.15) is 9.78 Å². The highest BCUT2D eigenvalue weighted by molar-refractivity contribution is 14.1. The molecule has 0 bridgehead atoms. The molecule has 1 aromatic heterocycles. The highest BCUT2D eigenvalue weighted by Gasteiger charge is 2.20. The average molecular weight is 393 g/mol. The van der Waals surface area contributed by atoms with Gasteiger partial charge in [-0.05, 0) is 40.8 Å². The third kappa shape index (κ3) is 2.56. The molecule has 0 saturated carbocycles. The van der Waals surface area contributed by atoms with E-state index in [2.05, 4.69) is 5.10 Å². The maximum atomic E-state index is 12.0. The molecule has 0 amide bonds. The first-order chi connectivity index (χ1) is 8.91. The lowest BCUT2D eigenvalue weighted by molar-refractivity contribution is 0.0684. The Morgan fingerprint density at radius 3 is 2.68 bits per heavy atom. The zero-order valence-corrected chi connectivity index (χ0v) is 12.1. The zero-order valence-electron chi connectivity index (χ0n) is 9.17. The van der Waals surface area contributed by atoms with Gasteiger partial charge in [-0.3, -0.25) is 4.79 Å². The Morgan fingerprint density at radius 1 is 1.42 bits per heavy atom. The molecule has 0 aliphatic heterocycles. The van der Waals surface area contributed by atoms with Crippen LogP contribution in [0.4, 0.5) is 0 Å². The van der Waals surface area contributed by atoms with Gasteiger partial charge in [-0.25, -0.2) is 4.79 Å². The lowest BCUT2D eigenvalue weighted by atomic mass is 10.3. The molecule has 0 atom stereocenters. The Hall–Kier alpha value is -1.61. The first kappa shape index (κ1) is 13.8. The van der Waals surface area contributed by atoms with Gasteiger partial charge in [0.05, 0.1) is 5.69 Å².